The van der Waals surface area contributed by atoms with Gasteiger partial charge in [0.1, 0.15) is 0 Å². The van der Waals surface area contributed by atoms with Crippen molar-refractivity contribution in [2.45, 2.75) is 31.7 Å². The van der Waals surface area contributed by atoms with E-state index in [-0.39, 0.29) is 0 Å². The average Bonchev–Trinajstić information content (AvgIpc) is 2.39. The minimum absolute atomic E-state index is 0.350. The molecule has 1 fully saturated rings. The van der Waals surface area contributed by atoms with Gasteiger partial charge in [0.15, 0.2) is 0 Å². The van der Waals surface area contributed by atoms with E-state index in [0.717, 1.165) is 18.4 Å². The molecule has 0 aromatic heterocycles. The van der Waals surface area contributed by atoms with Crippen LogP contribution in [0.15, 0.2) is 18.2 Å². The fraction of sp³-hybridized carbons (Fsp3) is 0.600. The summed E-state index contributed by atoms with van der Waals surface area (Å²) in [5.74, 6) is 0.657. The number of halogens is 1. The van der Waals surface area contributed by atoms with Crippen molar-refractivity contribution < 1.29 is 4.74 Å². The van der Waals surface area contributed by atoms with Crippen LogP contribution in [0.2, 0.25) is 0 Å². The molecular weight excluding hydrogens is 290 g/mol. The Bertz CT molecular complexity index is 407. The van der Waals surface area contributed by atoms with Gasteiger partial charge in [0.05, 0.1) is 6.10 Å². The molecule has 0 amide bonds. The third-order valence-electron chi connectivity index (χ3n) is 3.91. The summed E-state index contributed by atoms with van der Waals surface area (Å²) in [6, 6.07) is 6.71. The second-order valence-corrected chi connectivity index (χ2v) is 5.81. The van der Waals surface area contributed by atoms with Gasteiger partial charge in [-0.25, -0.2) is 0 Å². The average molecular weight is 312 g/mol. The Labute approximate surface area is 118 Å². The largest absolute Gasteiger partial charge is 0.379 e. The molecule has 18 heavy (non-hydrogen) atoms. The van der Waals surface area contributed by atoms with Gasteiger partial charge in [-0.15, -0.1) is 0 Å². The summed E-state index contributed by atoms with van der Waals surface area (Å²) in [4.78, 5) is 2.46. The molecule has 3 heteroatoms. The highest BCUT2D eigenvalue weighted by Gasteiger charge is 2.26. The number of alkyl halides is 1. The Balaban J connectivity index is 2.21. The highest BCUT2D eigenvalue weighted by atomic mass is 79.9. The quantitative estimate of drug-likeness (QED) is 0.788. The van der Waals surface area contributed by atoms with Gasteiger partial charge >= 0.3 is 0 Å². The first kappa shape index (κ1) is 13.9. The number of benzene rings is 1. The summed E-state index contributed by atoms with van der Waals surface area (Å²) < 4.78 is 5.60. The maximum atomic E-state index is 5.60. The fourth-order valence-electron chi connectivity index (χ4n) is 2.69. The van der Waals surface area contributed by atoms with Crippen molar-refractivity contribution in [1.82, 2.24) is 0 Å². The van der Waals surface area contributed by atoms with Crippen LogP contribution in [0.3, 0.4) is 0 Å². The minimum Gasteiger partial charge on any atom is -0.379 e. The molecule has 0 spiro atoms. The lowest BCUT2D eigenvalue weighted by Gasteiger charge is -2.38. The van der Waals surface area contributed by atoms with Gasteiger partial charge in [-0.2, -0.15) is 0 Å². The number of methoxy groups -OCH3 is 1. The van der Waals surface area contributed by atoms with Crippen molar-refractivity contribution in [3.63, 3.8) is 0 Å². The minimum atomic E-state index is 0.350. The highest BCUT2D eigenvalue weighted by Crippen LogP contribution is 2.29. The summed E-state index contributed by atoms with van der Waals surface area (Å²) in [5.41, 5.74) is 4.05. The monoisotopic (exact) mass is 311 g/mol. The Morgan fingerprint density at radius 3 is 2.89 bits per heavy atom. The predicted molar refractivity (Wildman–Crippen MR) is 80.6 cm³/mol. The smallest absolute Gasteiger partial charge is 0.0772 e. The summed E-state index contributed by atoms with van der Waals surface area (Å²) >= 11 is 3.60. The summed E-state index contributed by atoms with van der Waals surface area (Å²) in [5, 5.41) is 0.910. The molecule has 0 aliphatic carbocycles. The topological polar surface area (TPSA) is 12.5 Å². The van der Waals surface area contributed by atoms with E-state index in [9.17, 15) is 0 Å². The molecule has 0 radical (unpaired) electrons. The molecule has 0 bridgehead atoms. The maximum absolute atomic E-state index is 5.60. The van der Waals surface area contributed by atoms with Gasteiger partial charge in [0.25, 0.3) is 0 Å². The number of hydrogen-bond acceptors (Lipinski definition) is 2. The SMILES string of the molecule is COC1CN(c2ccc(C)cc2CBr)CCC1C. The second-order valence-electron chi connectivity index (χ2n) is 5.25. The van der Waals surface area contributed by atoms with E-state index < -0.39 is 0 Å². The third-order valence-corrected chi connectivity index (χ3v) is 4.52. The van der Waals surface area contributed by atoms with Crippen LogP contribution in [0.25, 0.3) is 0 Å². The number of ether oxygens (including phenoxy) is 1. The maximum Gasteiger partial charge on any atom is 0.0772 e. The zero-order valence-electron chi connectivity index (χ0n) is 11.4. The van der Waals surface area contributed by atoms with Crippen molar-refractivity contribution in [3.05, 3.63) is 29.3 Å². The molecule has 1 aliphatic rings. The standard InChI is InChI=1S/C15H22BrNO/c1-11-4-5-14(13(8-11)9-16)17-7-6-12(2)15(10-17)18-3/h4-5,8,12,15H,6-7,9-10H2,1-3H3. The van der Waals surface area contributed by atoms with Gasteiger partial charge in [0, 0.05) is 31.2 Å². The van der Waals surface area contributed by atoms with Crippen molar-refractivity contribution in [1.29, 1.82) is 0 Å². The van der Waals surface area contributed by atoms with Crippen LogP contribution in [-0.2, 0) is 10.1 Å². The Kier molecular flexibility index (Phi) is 4.68. The van der Waals surface area contributed by atoms with Crippen molar-refractivity contribution in [2.24, 2.45) is 5.92 Å². The summed E-state index contributed by atoms with van der Waals surface area (Å²) in [6.45, 7) is 6.56. The molecule has 2 unspecified atom stereocenters. The molecule has 0 saturated carbocycles. The first-order chi connectivity index (χ1) is 8.65. The zero-order chi connectivity index (χ0) is 13.1. The third kappa shape index (κ3) is 2.89. The van der Waals surface area contributed by atoms with E-state index in [1.54, 1.807) is 0 Å². The molecule has 0 N–H and O–H groups in total. The molecule has 1 aromatic carbocycles. The summed E-state index contributed by atoms with van der Waals surface area (Å²) in [6.07, 6.45) is 1.55. The lowest BCUT2D eigenvalue weighted by atomic mass is 9.95. The van der Waals surface area contributed by atoms with Crippen LogP contribution >= 0.6 is 15.9 Å². The molecular formula is C15H22BrNO. The lowest BCUT2D eigenvalue weighted by molar-refractivity contribution is 0.0498. The zero-order valence-corrected chi connectivity index (χ0v) is 13.0. The first-order valence-electron chi connectivity index (χ1n) is 6.59. The van der Waals surface area contributed by atoms with Crippen LogP contribution in [0.1, 0.15) is 24.5 Å². The van der Waals surface area contributed by atoms with Gasteiger partial charge in [-0.3, -0.25) is 0 Å². The number of hydrogen-bond donors (Lipinski definition) is 0. The Hall–Kier alpha value is -0.540. The normalized spacial score (nSPS) is 24.3. The van der Waals surface area contributed by atoms with E-state index in [2.05, 4.69) is 52.9 Å². The van der Waals surface area contributed by atoms with Gasteiger partial charge in [-0.05, 0) is 30.9 Å². The van der Waals surface area contributed by atoms with Crippen LogP contribution < -0.4 is 4.90 Å². The van der Waals surface area contributed by atoms with Crippen LogP contribution in [0.5, 0.6) is 0 Å². The van der Waals surface area contributed by atoms with Crippen LogP contribution in [0.4, 0.5) is 5.69 Å². The van der Waals surface area contributed by atoms with Crippen molar-refractivity contribution in [2.75, 3.05) is 25.1 Å². The van der Waals surface area contributed by atoms with Gasteiger partial charge in [-0.1, -0.05) is 40.5 Å². The lowest BCUT2D eigenvalue weighted by Crippen LogP contribution is -2.44. The van der Waals surface area contributed by atoms with Crippen molar-refractivity contribution in [3.8, 4) is 0 Å². The molecule has 1 heterocycles. The fourth-order valence-corrected chi connectivity index (χ4v) is 3.14. The number of nitrogens with zero attached hydrogens (tertiary/aromatic N) is 1. The molecule has 100 valence electrons. The van der Waals surface area contributed by atoms with Crippen LogP contribution in [-0.4, -0.2) is 26.3 Å². The Morgan fingerprint density at radius 1 is 1.44 bits per heavy atom. The highest BCUT2D eigenvalue weighted by molar-refractivity contribution is 9.08. The van der Waals surface area contributed by atoms with Crippen LogP contribution in [0, 0.1) is 12.8 Å². The van der Waals surface area contributed by atoms with E-state index in [0.29, 0.717) is 12.0 Å². The number of rotatable bonds is 3. The van der Waals surface area contributed by atoms with E-state index in [1.807, 2.05) is 7.11 Å². The van der Waals surface area contributed by atoms with E-state index in [4.69, 9.17) is 4.74 Å². The Morgan fingerprint density at radius 2 is 2.22 bits per heavy atom. The van der Waals surface area contributed by atoms with Gasteiger partial charge in [0.2, 0.25) is 0 Å². The number of aryl methyl sites for hydroxylation is 1. The number of piperidine rings is 1. The molecule has 1 aromatic rings. The molecule has 1 aliphatic heterocycles. The molecule has 2 rings (SSSR count). The van der Waals surface area contributed by atoms with E-state index >= 15 is 0 Å². The molecule has 1 saturated heterocycles. The molecule has 2 nitrogen and oxygen atoms in total. The predicted octanol–water partition coefficient (Wildman–Crippen LogP) is 3.75. The van der Waals surface area contributed by atoms with Gasteiger partial charge < -0.3 is 9.64 Å². The molecule has 2 atom stereocenters. The second kappa shape index (κ2) is 6.07. The van der Waals surface area contributed by atoms with E-state index in [1.165, 1.54) is 23.2 Å². The summed E-state index contributed by atoms with van der Waals surface area (Å²) in [7, 11) is 1.82. The van der Waals surface area contributed by atoms with Crippen molar-refractivity contribution >= 4 is 21.6 Å². The number of anilines is 1. The first-order valence-corrected chi connectivity index (χ1v) is 7.71.